The van der Waals surface area contributed by atoms with Gasteiger partial charge in [-0.1, -0.05) is 41.4 Å². The van der Waals surface area contributed by atoms with E-state index in [4.69, 9.17) is 32.9 Å². The molecule has 3 heterocycles. The number of anilines is 1. The van der Waals surface area contributed by atoms with Gasteiger partial charge in [0.1, 0.15) is 17.6 Å². The molecular weight excluding hydrogens is 547 g/mol. The first-order valence-electron chi connectivity index (χ1n) is 13.1. The number of nitrogens with zero attached hydrogens (tertiary/aromatic N) is 3. The Morgan fingerprint density at radius 3 is 2.58 bits per heavy atom. The monoisotopic (exact) mass is 574 g/mol. The van der Waals surface area contributed by atoms with E-state index in [1.165, 1.54) is 6.92 Å². The Labute approximate surface area is 242 Å². The van der Waals surface area contributed by atoms with Crippen LogP contribution in [-0.2, 0) is 11.3 Å². The van der Waals surface area contributed by atoms with Crippen molar-refractivity contribution in [2.24, 2.45) is 0 Å². The molecule has 0 bridgehead atoms. The largest absolute Gasteiger partial charge is 0.496 e. The average molecular weight is 575 g/mol. The highest BCUT2D eigenvalue weighted by molar-refractivity contribution is 6.35. The van der Waals surface area contributed by atoms with E-state index in [0.29, 0.717) is 33.9 Å². The highest BCUT2D eigenvalue weighted by Crippen LogP contribution is 2.56. The van der Waals surface area contributed by atoms with Crippen LogP contribution in [0.1, 0.15) is 65.7 Å². The molecule has 1 N–H and O–H groups in total. The van der Waals surface area contributed by atoms with Gasteiger partial charge in [-0.3, -0.25) is 14.5 Å². The molecule has 0 spiro atoms. The summed E-state index contributed by atoms with van der Waals surface area (Å²) in [4.78, 5) is 32.6. The van der Waals surface area contributed by atoms with Gasteiger partial charge >= 0.3 is 0 Å². The summed E-state index contributed by atoms with van der Waals surface area (Å²) in [5, 5.41) is 4.00. The summed E-state index contributed by atoms with van der Waals surface area (Å²) in [7, 11) is 1.61. The van der Waals surface area contributed by atoms with E-state index in [0.717, 1.165) is 44.8 Å². The van der Waals surface area contributed by atoms with Gasteiger partial charge in [0.15, 0.2) is 5.69 Å². The summed E-state index contributed by atoms with van der Waals surface area (Å²) >= 11 is 13.2. The van der Waals surface area contributed by atoms with Gasteiger partial charge in [0.2, 0.25) is 5.91 Å². The van der Waals surface area contributed by atoms with Gasteiger partial charge in [-0.2, -0.15) is 0 Å². The van der Waals surface area contributed by atoms with Crippen molar-refractivity contribution < 1.29 is 14.3 Å². The second-order valence-electron chi connectivity index (χ2n) is 10.5. The first-order chi connectivity index (χ1) is 19.1. The lowest BCUT2D eigenvalue weighted by Crippen LogP contribution is -2.34. The number of nitrogens with one attached hydrogen (secondary N) is 1. The fourth-order valence-corrected chi connectivity index (χ4v) is 6.36. The van der Waals surface area contributed by atoms with Crippen LogP contribution >= 0.6 is 23.2 Å². The zero-order valence-electron chi connectivity index (χ0n) is 22.8. The predicted octanol–water partition coefficient (Wildman–Crippen LogP) is 7.12. The highest BCUT2D eigenvalue weighted by Gasteiger charge is 2.49. The van der Waals surface area contributed by atoms with Crippen molar-refractivity contribution in [2.45, 2.75) is 46.3 Å². The van der Waals surface area contributed by atoms with E-state index in [9.17, 15) is 9.59 Å². The number of hydrogen-bond acceptors (Lipinski definition) is 4. The first-order valence-corrected chi connectivity index (χ1v) is 13.8. The summed E-state index contributed by atoms with van der Waals surface area (Å²) in [5.74, 6) is 0.975. The lowest BCUT2D eigenvalue weighted by molar-refractivity contribution is -0.119. The van der Waals surface area contributed by atoms with Crippen LogP contribution in [0.15, 0.2) is 48.5 Å². The number of rotatable bonds is 5. The number of aromatic nitrogens is 2. The third kappa shape index (κ3) is 3.91. The summed E-state index contributed by atoms with van der Waals surface area (Å²) in [6, 6.07) is 14.8. The second kappa shape index (κ2) is 9.68. The minimum absolute atomic E-state index is 0.0275. The molecule has 9 heteroatoms. The lowest BCUT2D eigenvalue weighted by Gasteiger charge is -2.37. The van der Waals surface area contributed by atoms with Crippen molar-refractivity contribution in [1.82, 2.24) is 14.9 Å². The average Bonchev–Trinajstić information content (AvgIpc) is 3.44. The van der Waals surface area contributed by atoms with Gasteiger partial charge in [-0.15, -0.1) is 0 Å². The minimum atomic E-state index is -0.406. The molecular formula is C31H28Cl2N4O3. The number of benzene rings is 3. The van der Waals surface area contributed by atoms with Crippen molar-refractivity contribution in [3.63, 3.8) is 0 Å². The maximum atomic E-state index is 14.3. The van der Waals surface area contributed by atoms with Crippen LogP contribution < -0.4 is 15.0 Å². The summed E-state index contributed by atoms with van der Waals surface area (Å²) in [6.07, 6.45) is 0. The standard InChI is InChI=1S/C31H28Cl2N4O3/c1-15(2)36-29-26(35-30(36)22-12-18(14-34-17(4)38)7-11-24(22)40-5)31(39)37-27-16(3)6-10-23(33)25(27)21-13-19(32)8-9-20(21)28(29)37/h6-13,15,28H,14H2,1-5H3,(H,34,38). The molecule has 2 aliphatic rings. The highest BCUT2D eigenvalue weighted by atomic mass is 35.5. The van der Waals surface area contributed by atoms with Gasteiger partial charge in [0.05, 0.1) is 29.1 Å². The number of carbonyl (C=O) groups is 2. The van der Waals surface area contributed by atoms with Gasteiger partial charge in [-0.25, -0.2) is 4.98 Å². The molecule has 4 aromatic rings. The van der Waals surface area contributed by atoms with Gasteiger partial charge in [-0.05, 0) is 73.4 Å². The third-order valence-corrected chi connectivity index (χ3v) is 8.15. The Morgan fingerprint density at radius 2 is 1.88 bits per heavy atom. The zero-order chi connectivity index (χ0) is 28.5. The van der Waals surface area contributed by atoms with Gasteiger partial charge in [0, 0.05) is 30.1 Å². The first kappa shape index (κ1) is 26.4. The molecule has 40 heavy (non-hydrogen) atoms. The number of ether oxygens (including phenoxy) is 1. The van der Waals surface area contributed by atoms with Crippen LogP contribution in [0.4, 0.5) is 5.69 Å². The smallest absolute Gasteiger partial charge is 0.279 e. The minimum Gasteiger partial charge on any atom is -0.496 e. The van der Waals surface area contributed by atoms with Gasteiger partial charge in [0.25, 0.3) is 5.91 Å². The SMILES string of the molecule is COc1ccc(CNC(C)=O)cc1-c1nc2c(n1C(C)C)C1c3ccc(Cl)cc3-c3c(Cl)ccc(C)c3N1C2=O. The van der Waals surface area contributed by atoms with Crippen molar-refractivity contribution in [2.75, 3.05) is 12.0 Å². The number of halogens is 2. The number of hydrogen-bond donors (Lipinski definition) is 1. The van der Waals surface area contributed by atoms with E-state index >= 15 is 0 Å². The van der Waals surface area contributed by atoms with Crippen LogP contribution in [0.2, 0.25) is 10.0 Å². The summed E-state index contributed by atoms with van der Waals surface area (Å²) in [5.41, 5.74) is 7.24. The molecule has 204 valence electrons. The normalized spacial score (nSPS) is 15.1. The number of aryl methyl sites for hydroxylation is 1. The van der Waals surface area contributed by atoms with E-state index in [1.54, 1.807) is 7.11 Å². The van der Waals surface area contributed by atoms with Crippen molar-refractivity contribution in [3.05, 3.63) is 86.7 Å². The van der Waals surface area contributed by atoms with E-state index < -0.39 is 6.04 Å². The molecule has 7 nitrogen and oxygen atoms in total. The van der Waals surface area contributed by atoms with Crippen LogP contribution in [0, 0.1) is 6.92 Å². The molecule has 1 unspecified atom stereocenters. The molecule has 0 saturated carbocycles. The van der Waals surface area contributed by atoms with Crippen molar-refractivity contribution in [1.29, 1.82) is 0 Å². The molecule has 0 saturated heterocycles. The molecule has 6 rings (SSSR count). The fourth-order valence-electron chi connectivity index (χ4n) is 5.93. The number of imidazole rings is 1. The molecule has 0 radical (unpaired) electrons. The predicted molar refractivity (Wildman–Crippen MR) is 157 cm³/mol. The quantitative estimate of drug-likeness (QED) is 0.275. The molecule has 0 aliphatic carbocycles. The number of fused-ring (bicyclic) bond motifs is 8. The van der Waals surface area contributed by atoms with Gasteiger partial charge < -0.3 is 14.6 Å². The fraction of sp³-hybridized carbons (Fsp3) is 0.258. The van der Waals surface area contributed by atoms with Crippen LogP contribution in [0.5, 0.6) is 5.75 Å². The molecule has 2 amide bonds. The Kier molecular flexibility index (Phi) is 6.39. The second-order valence-corrected chi connectivity index (χ2v) is 11.3. The number of carbonyl (C=O) groups excluding carboxylic acids is 2. The molecule has 2 aliphatic heterocycles. The molecule has 3 aromatic carbocycles. The Bertz CT molecular complexity index is 1730. The molecule has 0 fully saturated rings. The maximum Gasteiger partial charge on any atom is 0.279 e. The Hall–Kier alpha value is -3.81. The van der Waals surface area contributed by atoms with E-state index in [1.807, 2.05) is 60.4 Å². The van der Waals surface area contributed by atoms with Crippen molar-refractivity contribution >= 4 is 40.7 Å². The molecule has 1 aromatic heterocycles. The summed E-state index contributed by atoms with van der Waals surface area (Å²) < 4.78 is 7.85. The summed E-state index contributed by atoms with van der Waals surface area (Å²) in [6.45, 7) is 8.00. The van der Waals surface area contributed by atoms with Crippen LogP contribution in [0.25, 0.3) is 22.5 Å². The topological polar surface area (TPSA) is 76.5 Å². The van der Waals surface area contributed by atoms with Crippen molar-refractivity contribution in [3.8, 4) is 28.3 Å². The zero-order valence-corrected chi connectivity index (χ0v) is 24.3. The van der Waals surface area contributed by atoms with Crippen LogP contribution in [0.3, 0.4) is 0 Å². The van der Waals surface area contributed by atoms with Crippen LogP contribution in [-0.4, -0.2) is 28.5 Å². The van der Waals surface area contributed by atoms with E-state index in [2.05, 4.69) is 23.7 Å². The Morgan fingerprint density at radius 1 is 1.10 bits per heavy atom. The molecule has 1 atom stereocenters. The third-order valence-electron chi connectivity index (χ3n) is 7.60. The maximum absolute atomic E-state index is 14.3. The Balaban J connectivity index is 1.61. The van der Waals surface area contributed by atoms with E-state index in [-0.39, 0.29) is 17.9 Å². The number of methoxy groups -OCH3 is 1. The number of amides is 2. The lowest BCUT2D eigenvalue weighted by atomic mass is 9.86.